The number of sulfone groups is 1. The van der Waals surface area contributed by atoms with Gasteiger partial charge in [-0.05, 0) is 25.0 Å². The highest BCUT2D eigenvalue weighted by Gasteiger charge is 2.30. The number of rotatable bonds is 7. The molecule has 27 heavy (non-hydrogen) atoms. The number of hydrogen-bond acceptors (Lipinski definition) is 6. The number of carbonyl (C=O) groups is 3. The Bertz CT molecular complexity index is 820. The Morgan fingerprint density at radius 3 is 2.59 bits per heavy atom. The van der Waals surface area contributed by atoms with Crippen LogP contribution in [0.15, 0.2) is 36.4 Å². The second kappa shape index (κ2) is 9.31. The van der Waals surface area contributed by atoms with E-state index in [2.05, 4.69) is 10.6 Å². The smallest absolute Gasteiger partial charge is 0.326 e. The number of amides is 2. The molecule has 1 saturated heterocycles. The van der Waals surface area contributed by atoms with Gasteiger partial charge in [-0.2, -0.15) is 0 Å². The normalized spacial score (nSPS) is 19.4. The van der Waals surface area contributed by atoms with E-state index in [-0.39, 0.29) is 18.1 Å². The molecular weight excluding hydrogens is 372 g/mol. The summed E-state index contributed by atoms with van der Waals surface area (Å²) in [5.74, 6) is -1.87. The van der Waals surface area contributed by atoms with E-state index >= 15 is 0 Å². The number of carbonyl (C=O) groups excluding carboxylic acids is 3. The van der Waals surface area contributed by atoms with E-state index in [0.29, 0.717) is 6.42 Å². The van der Waals surface area contributed by atoms with Crippen LogP contribution in [0.1, 0.15) is 18.9 Å². The molecule has 1 aliphatic heterocycles. The van der Waals surface area contributed by atoms with E-state index in [9.17, 15) is 22.8 Å². The number of ether oxygens (including phenoxy) is 1. The van der Waals surface area contributed by atoms with Gasteiger partial charge < -0.3 is 15.4 Å². The summed E-state index contributed by atoms with van der Waals surface area (Å²) in [6.07, 6.45) is 2.15. The number of benzene rings is 1. The second-order valence-corrected chi connectivity index (χ2v) is 8.43. The molecule has 9 heteroatoms. The summed E-state index contributed by atoms with van der Waals surface area (Å²) in [7, 11) is -3.11. The van der Waals surface area contributed by atoms with E-state index in [1.807, 2.05) is 30.3 Å². The molecular formula is C18H22N2O6S. The average molecular weight is 394 g/mol. The lowest BCUT2D eigenvalue weighted by Crippen LogP contribution is -2.43. The van der Waals surface area contributed by atoms with Crippen molar-refractivity contribution in [3.8, 4) is 0 Å². The zero-order chi connectivity index (χ0) is 19.9. The topological polar surface area (TPSA) is 119 Å². The van der Waals surface area contributed by atoms with Crippen molar-refractivity contribution in [3.63, 3.8) is 0 Å². The molecule has 0 unspecified atom stereocenters. The van der Waals surface area contributed by atoms with E-state index in [0.717, 1.165) is 5.56 Å². The predicted molar refractivity (Wildman–Crippen MR) is 99.2 cm³/mol. The molecule has 2 rings (SSSR count). The van der Waals surface area contributed by atoms with Gasteiger partial charge in [-0.15, -0.1) is 0 Å². The Morgan fingerprint density at radius 2 is 1.96 bits per heavy atom. The molecule has 2 amide bonds. The van der Waals surface area contributed by atoms with E-state index in [1.54, 1.807) is 6.08 Å². The second-order valence-electron chi connectivity index (χ2n) is 6.20. The molecule has 1 aliphatic rings. The summed E-state index contributed by atoms with van der Waals surface area (Å²) in [5.41, 5.74) is 0.842. The van der Waals surface area contributed by atoms with Crippen LogP contribution in [0.5, 0.6) is 0 Å². The molecule has 146 valence electrons. The van der Waals surface area contributed by atoms with E-state index in [4.69, 9.17) is 4.74 Å². The van der Waals surface area contributed by atoms with Crippen molar-refractivity contribution in [2.75, 3.05) is 18.1 Å². The van der Waals surface area contributed by atoms with Crippen LogP contribution in [0, 0.1) is 0 Å². The lowest BCUT2D eigenvalue weighted by molar-refractivity contribution is -0.154. The number of esters is 1. The summed E-state index contributed by atoms with van der Waals surface area (Å²) in [4.78, 5) is 35.4. The molecule has 2 N–H and O–H groups in total. The van der Waals surface area contributed by atoms with Crippen LogP contribution in [-0.4, -0.2) is 56.4 Å². The molecule has 8 nitrogen and oxygen atoms in total. The average Bonchev–Trinajstić information content (AvgIpc) is 2.97. The highest BCUT2D eigenvalue weighted by atomic mass is 32.2. The molecule has 2 atom stereocenters. The Morgan fingerprint density at radius 1 is 1.26 bits per heavy atom. The molecule has 1 fully saturated rings. The van der Waals surface area contributed by atoms with Crippen LogP contribution in [0.3, 0.4) is 0 Å². The maximum Gasteiger partial charge on any atom is 0.326 e. The minimum absolute atomic E-state index is 0.0364. The molecule has 1 aromatic rings. The van der Waals surface area contributed by atoms with Gasteiger partial charge in [-0.25, -0.2) is 8.42 Å². The number of hydrogen-bond donors (Lipinski definition) is 2. The Balaban J connectivity index is 1.70. The van der Waals surface area contributed by atoms with Crippen LogP contribution in [-0.2, 0) is 29.0 Å². The van der Waals surface area contributed by atoms with Gasteiger partial charge in [0.2, 0.25) is 5.91 Å². The molecule has 0 bridgehead atoms. The van der Waals surface area contributed by atoms with Gasteiger partial charge in [0.1, 0.15) is 6.54 Å². The van der Waals surface area contributed by atoms with Gasteiger partial charge in [0.15, 0.2) is 15.9 Å². The maximum atomic E-state index is 12.0. The third kappa shape index (κ3) is 7.22. The lowest BCUT2D eigenvalue weighted by atomic mass is 10.2. The monoisotopic (exact) mass is 394 g/mol. The van der Waals surface area contributed by atoms with Crippen LogP contribution in [0.25, 0.3) is 6.08 Å². The SMILES string of the molecule is C[C@H](OC(=O)CNC(=O)/C=C/c1ccccc1)C(=O)N[C@H]1CCS(=O)(=O)C1. The van der Waals surface area contributed by atoms with Crippen LogP contribution < -0.4 is 10.6 Å². The van der Waals surface area contributed by atoms with Gasteiger partial charge in [-0.1, -0.05) is 30.3 Å². The highest BCUT2D eigenvalue weighted by molar-refractivity contribution is 7.91. The first kappa shape index (κ1) is 20.6. The van der Waals surface area contributed by atoms with Crippen molar-refractivity contribution in [1.82, 2.24) is 10.6 Å². The molecule has 0 spiro atoms. The van der Waals surface area contributed by atoms with Crippen molar-refractivity contribution in [3.05, 3.63) is 42.0 Å². The van der Waals surface area contributed by atoms with Crippen molar-refractivity contribution in [1.29, 1.82) is 0 Å². The fourth-order valence-electron chi connectivity index (χ4n) is 2.47. The highest BCUT2D eigenvalue weighted by Crippen LogP contribution is 2.11. The van der Waals surface area contributed by atoms with E-state index < -0.39 is 39.8 Å². The summed E-state index contributed by atoms with van der Waals surface area (Å²) in [5, 5.41) is 4.92. The summed E-state index contributed by atoms with van der Waals surface area (Å²) < 4.78 is 27.7. The fraction of sp³-hybridized carbons (Fsp3) is 0.389. The largest absolute Gasteiger partial charge is 0.451 e. The van der Waals surface area contributed by atoms with Crippen LogP contribution in [0.2, 0.25) is 0 Å². The predicted octanol–water partition coefficient (Wildman–Crippen LogP) is 0.0510. The zero-order valence-corrected chi connectivity index (χ0v) is 15.7. The van der Waals surface area contributed by atoms with E-state index in [1.165, 1.54) is 13.0 Å². The minimum atomic E-state index is -3.11. The van der Waals surface area contributed by atoms with Crippen molar-refractivity contribution >= 4 is 33.7 Å². The van der Waals surface area contributed by atoms with Gasteiger partial charge in [-0.3, -0.25) is 14.4 Å². The standard InChI is InChI=1S/C18H22N2O6S/c1-13(18(23)20-15-9-10-27(24,25)12-15)26-17(22)11-19-16(21)8-7-14-5-3-2-4-6-14/h2-8,13,15H,9-12H2,1H3,(H,19,21)(H,20,23)/b8-7+/t13-,15-/m0/s1. The Kier molecular flexibility index (Phi) is 7.12. The zero-order valence-electron chi connectivity index (χ0n) is 14.9. The van der Waals surface area contributed by atoms with Crippen molar-refractivity contribution < 1.29 is 27.5 Å². The first-order valence-corrected chi connectivity index (χ1v) is 10.3. The maximum absolute atomic E-state index is 12.0. The number of nitrogens with one attached hydrogen (secondary N) is 2. The first-order chi connectivity index (χ1) is 12.7. The third-order valence-corrected chi connectivity index (χ3v) is 5.66. The lowest BCUT2D eigenvalue weighted by Gasteiger charge is -2.16. The summed E-state index contributed by atoms with van der Waals surface area (Å²) in [6, 6.07) is 8.72. The van der Waals surface area contributed by atoms with Crippen LogP contribution >= 0.6 is 0 Å². The van der Waals surface area contributed by atoms with Crippen molar-refractivity contribution in [2.24, 2.45) is 0 Å². The molecule has 0 radical (unpaired) electrons. The van der Waals surface area contributed by atoms with Gasteiger partial charge in [0.05, 0.1) is 11.5 Å². The first-order valence-electron chi connectivity index (χ1n) is 8.46. The third-order valence-electron chi connectivity index (χ3n) is 3.89. The molecule has 0 aliphatic carbocycles. The minimum Gasteiger partial charge on any atom is -0.451 e. The molecule has 1 heterocycles. The fourth-order valence-corrected chi connectivity index (χ4v) is 4.15. The molecule has 0 saturated carbocycles. The van der Waals surface area contributed by atoms with Gasteiger partial charge in [0, 0.05) is 12.1 Å². The van der Waals surface area contributed by atoms with Gasteiger partial charge in [0.25, 0.3) is 5.91 Å². The Labute approximate surface area is 157 Å². The summed E-state index contributed by atoms with van der Waals surface area (Å²) in [6.45, 7) is 1.00. The Hall–Kier alpha value is -2.68. The van der Waals surface area contributed by atoms with Crippen LogP contribution in [0.4, 0.5) is 0 Å². The molecule has 0 aromatic heterocycles. The van der Waals surface area contributed by atoms with Gasteiger partial charge >= 0.3 is 5.97 Å². The van der Waals surface area contributed by atoms with Crippen molar-refractivity contribution in [2.45, 2.75) is 25.5 Å². The summed E-state index contributed by atoms with van der Waals surface area (Å²) >= 11 is 0. The quantitative estimate of drug-likeness (QED) is 0.498. The molecule has 1 aromatic carbocycles.